The standard InChI is InChI=1S/C17H23N5O2/c1-3-24-17(23)15-5-4-6-18-16(15)22-9-7-21(8-10-22)12-14-11-19-13(2)20-14/h4-6,11H,3,7-10,12H2,1-2H3,(H,19,20). The number of piperazine rings is 1. The third kappa shape index (κ3) is 3.73. The molecule has 7 nitrogen and oxygen atoms in total. The van der Waals surface area contributed by atoms with Gasteiger partial charge >= 0.3 is 5.97 Å². The van der Waals surface area contributed by atoms with Crippen LogP contribution in [0.3, 0.4) is 0 Å². The molecule has 1 N–H and O–H groups in total. The lowest BCUT2D eigenvalue weighted by Gasteiger charge is -2.35. The second kappa shape index (κ2) is 7.44. The van der Waals surface area contributed by atoms with Crippen LogP contribution in [0.25, 0.3) is 0 Å². The van der Waals surface area contributed by atoms with Gasteiger partial charge in [-0.3, -0.25) is 4.90 Å². The number of carbonyl (C=O) groups is 1. The molecule has 24 heavy (non-hydrogen) atoms. The molecular formula is C17H23N5O2. The summed E-state index contributed by atoms with van der Waals surface area (Å²) in [7, 11) is 0. The number of aromatic nitrogens is 3. The van der Waals surface area contributed by atoms with Crippen LogP contribution in [-0.2, 0) is 11.3 Å². The minimum Gasteiger partial charge on any atom is -0.462 e. The molecule has 0 aliphatic carbocycles. The number of H-pyrrole nitrogens is 1. The third-order valence-corrected chi connectivity index (χ3v) is 4.10. The first-order chi connectivity index (χ1) is 11.7. The molecule has 2 aromatic rings. The van der Waals surface area contributed by atoms with Crippen molar-refractivity contribution in [2.24, 2.45) is 0 Å². The van der Waals surface area contributed by atoms with E-state index in [4.69, 9.17) is 4.74 Å². The lowest BCUT2D eigenvalue weighted by atomic mass is 10.2. The molecule has 128 valence electrons. The second-order valence-electron chi connectivity index (χ2n) is 5.85. The van der Waals surface area contributed by atoms with Crippen molar-refractivity contribution in [1.29, 1.82) is 0 Å². The molecule has 1 saturated heterocycles. The van der Waals surface area contributed by atoms with Crippen molar-refractivity contribution >= 4 is 11.8 Å². The van der Waals surface area contributed by atoms with Crippen LogP contribution in [0.2, 0.25) is 0 Å². The second-order valence-corrected chi connectivity index (χ2v) is 5.85. The Bertz CT molecular complexity index is 692. The average Bonchev–Trinajstić information content (AvgIpc) is 3.01. The van der Waals surface area contributed by atoms with E-state index < -0.39 is 0 Å². The topological polar surface area (TPSA) is 74.3 Å². The number of aryl methyl sites for hydroxylation is 1. The van der Waals surface area contributed by atoms with Gasteiger partial charge in [0.15, 0.2) is 0 Å². The highest BCUT2D eigenvalue weighted by Crippen LogP contribution is 2.20. The Hall–Kier alpha value is -2.41. The Morgan fingerprint density at radius 1 is 1.29 bits per heavy atom. The smallest absolute Gasteiger partial charge is 0.341 e. The van der Waals surface area contributed by atoms with Gasteiger partial charge in [0, 0.05) is 50.8 Å². The quantitative estimate of drug-likeness (QED) is 0.840. The average molecular weight is 329 g/mol. The Morgan fingerprint density at radius 3 is 2.75 bits per heavy atom. The number of imidazole rings is 1. The SMILES string of the molecule is CCOC(=O)c1cccnc1N1CCN(Cc2cnc(C)[nH]2)CC1. The van der Waals surface area contributed by atoms with E-state index in [0.717, 1.165) is 44.2 Å². The van der Waals surface area contributed by atoms with Gasteiger partial charge in [-0.05, 0) is 26.0 Å². The van der Waals surface area contributed by atoms with E-state index in [9.17, 15) is 4.79 Å². The molecule has 0 saturated carbocycles. The minimum absolute atomic E-state index is 0.309. The summed E-state index contributed by atoms with van der Waals surface area (Å²) in [5.41, 5.74) is 1.67. The summed E-state index contributed by atoms with van der Waals surface area (Å²) in [6, 6.07) is 3.55. The fourth-order valence-electron chi connectivity index (χ4n) is 2.93. The highest BCUT2D eigenvalue weighted by Gasteiger charge is 2.23. The van der Waals surface area contributed by atoms with Gasteiger partial charge in [-0.25, -0.2) is 14.8 Å². The van der Waals surface area contributed by atoms with E-state index in [2.05, 4.69) is 24.8 Å². The lowest BCUT2D eigenvalue weighted by Crippen LogP contribution is -2.46. The van der Waals surface area contributed by atoms with E-state index in [1.165, 1.54) is 0 Å². The van der Waals surface area contributed by atoms with Gasteiger partial charge in [0.1, 0.15) is 17.2 Å². The van der Waals surface area contributed by atoms with Gasteiger partial charge < -0.3 is 14.6 Å². The zero-order valence-corrected chi connectivity index (χ0v) is 14.2. The van der Waals surface area contributed by atoms with Gasteiger partial charge in [-0.1, -0.05) is 0 Å². The van der Waals surface area contributed by atoms with E-state index in [1.54, 1.807) is 18.3 Å². The molecule has 0 bridgehead atoms. The van der Waals surface area contributed by atoms with Crippen LogP contribution in [0.1, 0.15) is 28.8 Å². The monoisotopic (exact) mass is 329 g/mol. The van der Waals surface area contributed by atoms with Crippen LogP contribution in [0.5, 0.6) is 0 Å². The molecule has 0 amide bonds. The molecule has 0 unspecified atom stereocenters. The van der Waals surface area contributed by atoms with E-state index in [0.29, 0.717) is 18.0 Å². The number of hydrogen-bond donors (Lipinski definition) is 1. The molecule has 0 radical (unpaired) electrons. The molecule has 3 heterocycles. The number of ether oxygens (including phenoxy) is 1. The molecule has 0 aromatic carbocycles. The number of nitrogens with one attached hydrogen (secondary N) is 1. The highest BCUT2D eigenvalue weighted by molar-refractivity contribution is 5.94. The summed E-state index contributed by atoms with van der Waals surface area (Å²) in [5.74, 6) is 1.35. The molecule has 0 spiro atoms. The summed E-state index contributed by atoms with van der Waals surface area (Å²) < 4.78 is 5.13. The number of anilines is 1. The van der Waals surface area contributed by atoms with Gasteiger partial charge in [0.2, 0.25) is 0 Å². The Labute approximate surface area is 141 Å². The van der Waals surface area contributed by atoms with E-state index in [-0.39, 0.29) is 5.97 Å². The van der Waals surface area contributed by atoms with E-state index >= 15 is 0 Å². The minimum atomic E-state index is -0.309. The maximum absolute atomic E-state index is 12.1. The predicted molar refractivity (Wildman–Crippen MR) is 91.0 cm³/mol. The fourth-order valence-corrected chi connectivity index (χ4v) is 2.93. The first-order valence-electron chi connectivity index (χ1n) is 8.27. The van der Waals surface area contributed by atoms with Crippen molar-refractivity contribution in [2.75, 3.05) is 37.7 Å². The number of esters is 1. The van der Waals surface area contributed by atoms with Crippen LogP contribution in [0.15, 0.2) is 24.5 Å². The van der Waals surface area contributed by atoms with Crippen LogP contribution < -0.4 is 4.90 Å². The molecule has 1 fully saturated rings. The van der Waals surface area contributed by atoms with Crippen LogP contribution in [-0.4, -0.2) is 58.6 Å². The largest absolute Gasteiger partial charge is 0.462 e. The highest BCUT2D eigenvalue weighted by atomic mass is 16.5. The van der Waals surface area contributed by atoms with Gasteiger partial charge in [-0.2, -0.15) is 0 Å². The summed E-state index contributed by atoms with van der Waals surface area (Å²) in [6.45, 7) is 8.48. The summed E-state index contributed by atoms with van der Waals surface area (Å²) in [5, 5.41) is 0. The Morgan fingerprint density at radius 2 is 2.08 bits per heavy atom. The van der Waals surface area contributed by atoms with Crippen molar-refractivity contribution in [1.82, 2.24) is 19.9 Å². The number of aromatic amines is 1. The molecule has 3 rings (SSSR count). The number of hydrogen-bond acceptors (Lipinski definition) is 6. The number of carbonyl (C=O) groups excluding carboxylic acids is 1. The Kier molecular flexibility index (Phi) is 5.10. The van der Waals surface area contributed by atoms with Crippen LogP contribution in [0.4, 0.5) is 5.82 Å². The van der Waals surface area contributed by atoms with E-state index in [1.807, 2.05) is 20.0 Å². The zero-order chi connectivity index (χ0) is 16.9. The molecule has 7 heteroatoms. The maximum Gasteiger partial charge on any atom is 0.341 e. The van der Waals surface area contributed by atoms with Crippen molar-refractivity contribution in [2.45, 2.75) is 20.4 Å². The number of rotatable bonds is 5. The number of pyridine rings is 1. The van der Waals surface area contributed by atoms with Crippen molar-refractivity contribution < 1.29 is 9.53 Å². The zero-order valence-electron chi connectivity index (χ0n) is 14.2. The predicted octanol–water partition coefficient (Wildman–Crippen LogP) is 1.61. The molecular weight excluding hydrogens is 306 g/mol. The summed E-state index contributed by atoms with van der Waals surface area (Å²) >= 11 is 0. The Balaban J connectivity index is 1.63. The van der Waals surface area contributed by atoms with Crippen LogP contribution in [0, 0.1) is 6.92 Å². The van der Waals surface area contributed by atoms with Gasteiger partial charge in [0.05, 0.1) is 6.61 Å². The lowest BCUT2D eigenvalue weighted by molar-refractivity contribution is 0.0526. The van der Waals surface area contributed by atoms with Crippen molar-refractivity contribution in [3.63, 3.8) is 0 Å². The fraction of sp³-hybridized carbons (Fsp3) is 0.471. The maximum atomic E-state index is 12.1. The number of nitrogens with zero attached hydrogens (tertiary/aromatic N) is 4. The van der Waals surface area contributed by atoms with Crippen molar-refractivity contribution in [3.8, 4) is 0 Å². The first kappa shape index (κ1) is 16.4. The van der Waals surface area contributed by atoms with Crippen LogP contribution >= 0.6 is 0 Å². The summed E-state index contributed by atoms with van der Waals surface area (Å²) in [6.07, 6.45) is 3.61. The summed E-state index contributed by atoms with van der Waals surface area (Å²) in [4.78, 5) is 28.5. The third-order valence-electron chi connectivity index (χ3n) is 4.10. The molecule has 2 aromatic heterocycles. The molecule has 0 atom stereocenters. The first-order valence-corrected chi connectivity index (χ1v) is 8.27. The molecule has 1 aliphatic heterocycles. The van der Waals surface area contributed by atoms with Crippen molar-refractivity contribution in [3.05, 3.63) is 41.6 Å². The molecule has 1 aliphatic rings. The normalized spacial score (nSPS) is 15.5. The van der Waals surface area contributed by atoms with Gasteiger partial charge in [0.25, 0.3) is 0 Å². The van der Waals surface area contributed by atoms with Gasteiger partial charge in [-0.15, -0.1) is 0 Å².